The Kier molecular flexibility index (Phi) is 6.13. The van der Waals surface area contributed by atoms with Crippen LogP contribution in [-0.4, -0.2) is 26.1 Å². The van der Waals surface area contributed by atoms with E-state index in [0.29, 0.717) is 5.69 Å². The zero-order valence-corrected chi connectivity index (χ0v) is 13.4. The second-order valence-electron chi connectivity index (χ2n) is 3.79. The summed E-state index contributed by atoms with van der Waals surface area (Å²) in [5.41, 5.74) is 0.385. The lowest BCUT2D eigenvalue weighted by atomic mass is 10.3. The Balaban J connectivity index is 2.72. The zero-order valence-electron chi connectivity index (χ0n) is 10.3. The number of rotatable bonds is 3. The highest BCUT2D eigenvalue weighted by atomic mass is 35.6. The molecule has 0 aliphatic rings. The van der Waals surface area contributed by atoms with E-state index in [-0.39, 0.29) is 16.8 Å². The summed E-state index contributed by atoms with van der Waals surface area (Å²) < 4.78 is -1.80. The van der Waals surface area contributed by atoms with Gasteiger partial charge >= 0.3 is 0 Å². The van der Waals surface area contributed by atoms with Crippen molar-refractivity contribution in [1.29, 1.82) is 0 Å². The van der Waals surface area contributed by atoms with Crippen LogP contribution in [0.5, 0.6) is 5.75 Å². The number of hydrogen-bond acceptors (Lipinski definition) is 3. The topological polar surface area (TPSA) is 73.4 Å². The molecule has 0 bridgehead atoms. The number of thiocarbonyl (C=S) groups is 1. The summed E-state index contributed by atoms with van der Waals surface area (Å²) in [5.74, 6) is -0.374. The standard InChI is InChI=1S/C11H12Cl3N3O2S/c1-6(18)15-9(11(12,13)14)17-10(20)16-7-4-2-3-5-8(7)19/h2-5,9,19H,1H3,(H,15,18)(H2,16,17,20)/t9-/m1/s1. The average molecular weight is 357 g/mol. The molecule has 4 N–H and O–H groups in total. The predicted molar refractivity (Wildman–Crippen MR) is 85.4 cm³/mol. The van der Waals surface area contributed by atoms with Crippen LogP contribution in [0.2, 0.25) is 0 Å². The number of carbonyl (C=O) groups is 1. The molecule has 0 aliphatic carbocycles. The number of anilines is 1. The van der Waals surface area contributed by atoms with Crippen LogP contribution in [0, 0.1) is 0 Å². The summed E-state index contributed by atoms with van der Waals surface area (Å²) in [6, 6.07) is 6.49. The first-order chi connectivity index (χ1) is 9.20. The number of phenols is 1. The fraction of sp³-hybridized carbons (Fsp3) is 0.273. The minimum absolute atomic E-state index is 0.0154. The third kappa shape index (κ3) is 5.58. The minimum Gasteiger partial charge on any atom is -0.506 e. The summed E-state index contributed by atoms with van der Waals surface area (Å²) in [6.07, 6.45) is -1.02. The van der Waals surface area contributed by atoms with Crippen molar-refractivity contribution in [1.82, 2.24) is 10.6 Å². The second kappa shape index (κ2) is 7.17. The van der Waals surface area contributed by atoms with Crippen molar-refractivity contribution in [3.8, 4) is 5.75 Å². The van der Waals surface area contributed by atoms with Crippen molar-refractivity contribution in [2.24, 2.45) is 0 Å². The van der Waals surface area contributed by atoms with Crippen molar-refractivity contribution in [3.05, 3.63) is 24.3 Å². The van der Waals surface area contributed by atoms with Crippen molar-refractivity contribution in [2.75, 3.05) is 5.32 Å². The quantitative estimate of drug-likeness (QED) is 0.290. The predicted octanol–water partition coefficient (Wildman–Crippen LogP) is 2.51. The number of nitrogens with one attached hydrogen (secondary N) is 3. The molecule has 1 atom stereocenters. The van der Waals surface area contributed by atoms with Crippen LogP contribution in [0.25, 0.3) is 0 Å². The van der Waals surface area contributed by atoms with E-state index in [0.717, 1.165) is 0 Å². The molecule has 1 aromatic rings. The summed E-state index contributed by atoms with van der Waals surface area (Å²) in [6.45, 7) is 1.28. The average Bonchev–Trinajstić information content (AvgIpc) is 2.29. The Bertz CT molecular complexity index is 508. The number of aromatic hydroxyl groups is 1. The zero-order chi connectivity index (χ0) is 15.3. The fourth-order valence-electron chi connectivity index (χ4n) is 1.27. The van der Waals surface area contributed by atoms with Crippen LogP contribution in [0.1, 0.15) is 6.92 Å². The number of phenolic OH excluding ortho intramolecular Hbond substituents is 1. The highest BCUT2D eigenvalue weighted by Crippen LogP contribution is 2.29. The first-order valence-electron chi connectivity index (χ1n) is 5.39. The normalized spacial score (nSPS) is 12.4. The second-order valence-corrected chi connectivity index (χ2v) is 6.57. The number of alkyl halides is 3. The first kappa shape index (κ1) is 17.1. The maximum atomic E-state index is 11.1. The molecule has 1 aromatic carbocycles. The SMILES string of the molecule is CC(=O)N[C@H](NC(=S)Nc1ccccc1O)C(Cl)(Cl)Cl. The van der Waals surface area contributed by atoms with Crippen LogP contribution < -0.4 is 16.0 Å². The fourth-order valence-corrected chi connectivity index (χ4v) is 1.83. The van der Waals surface area contributed by atoms with E-state index in [1.807, 2.05) is 0 Å². The Morgan fingerprint density at radius 3 is 2.40 bits per heavy atom. The molecule has 0 saturated carbocycles. The molecule has 0 aliphatic heterocycles. The molecule has 0 heterocycles. The molecule has 20 heavy (non-hydrogen) atoms. The summed E-state index contributed by atoms with van der Waals surface area (Å²) in [5, 5.41) is 17.5. The van der Waals surface area contributed by atoms with E-state index in [9.17, 15) is 9.90 Å². The third-order valence-electron chi connectivity index (χ3n) is 2.10. The van der Waals surface area contributed by atoms with E-state index >= 15 is 0 Å². The van der Waals surface area contributed by atoms with Gasteiger partial charge in [0.2, 0.25) is 9.70 Å². The molecule has 5 nitrogen and oxygen atoms in total. The minimum atomic E-state index is -1.80. The summed E-state index contributed by atoms with van der Waals surface area (Å²) in [7, 11) is 0. The van der Waals surface area contributed by atoms with Gasteiger partial charge in [-0.25, -0.2) is 0 Å². The Morgan fingerprint density at radius 1 is 1.30 bits per heavy atom. The number of carbonyl (C=O) groups excluding carboxylic acids is 1. The van der Waals surface area contributed by atoms with E-state index in [4.69, 9.17) is 47.0 Å². The van der Waals surface area contributed by atoms with E-state index in [1.165, 1.54) is 13.0 Å². The van der Waals surface area contributed by atoms with Crippen molar-refractivity contribution < 1.29 is 9.90 Å². The number of halogens is 3. The Labute approximate surface area is 136 Å². The van der Waals surface area contributed by atoms with Crippen molar-refractivity contribution >= 4 is 63.7 Å². The van der Waals surface area contributed by atoms with Gasteiger partial charge in [-0.2, -0.15) is 0 Å². The van der Waals surface area contributed by atoms with E-state index < -0.39 is 9.96 Å². The lowest BCUT2D eigenvalue weighted by Gasteiger charge is -2.27. The van der Waals surface area contributed by atoms with Gasteiger partial charge in [0, 0.05) is 6.92 Å². The van der Waals surface area contributed by atoms with Gasteiger partial charge in [-0.1, -0.05) is 46.9 Å². The van der Waals surface area contributed by atoms with Gasteiger partial charge in [-0.3, -0.25) is 4.79 Å². The van der Waals surface area contributed by atoms with Crippen LogP contribution >= 0.6 is 47.0 Å². The molecule has 0 saturated heterocycles. The molecule has 0 aromatic heterocycles. The smallest absolute Gasteiger partial charge is 0.228 e. The molecule has 1 amide bonds. The maximum Gasteiger partial charge on any atom is 0.228 e. The van der Waals surface area contributed by atoms with Gasteiger partial charge in [0.1, 0.15) is 11.9 Å². The van der Waals surface area contributed by atoms with Crippen LogP contribution in [0.4, 0.5) is 5.69 Å². The summed E-state index contributed by atoms with van der Waals surface area (Å²) >= 11 is 22.2. The number of amides is 1. The highest BCUT2D eigenvalue weighted by molar-refractivity contribution is 7.80. The summed E-state index contributed by atoms with van der Waals surface area (Å²) in [4.78, 5) is 11.1. The van der Waals surface area contributed by atoms with Gasteiger partial charge in [-0.05, 0) is 24.4 Å². The maximum absolute atomic E-state index is 11.1. The molecular formula is C11H12Cl3N3O2S. The van der Waals surface area contributed by atoms with Crippen LogP contribution in [-0.2, 0) is 4.79 Å². The monoisotopic (exact) mass is 355 g/mol. The largest absolute Gasteiger partial charge is 0.506 e. The van der Waals surface area contributed by atoms with Gasteiger partial charge in [0.15, 0.2) is 5.11 Å². The van der Waals surface area contributed by atoms with E-state index in [1.54, 1.807) is 18.2 Å². The van der Waals surface area contributed by atoms with Crippen molar-refractivity contribution in [2.45, 2.75) is 16.9 Å². The first-order valence-corrected chi connectivity index (χ1v) is 6.93. The van der Waals surface area contributed by atoms with Crippen LogP contribution in [0.15, 0.2) is 24.3 Å². The molecule has 0 fully saturated rings. The Morgan fingerprint density at radius 2 is 1.90 bits per heavy atom. The highest BCUT2D eigenvalue weighted by Gasteiger charge is 2.34. The van der Waals surface area contributed by atoms with Crippen LogP contribution in [0.3, 0.4) is 0 Å². The number of hydrogen-bond donors (Lipinski definition) is 4. The molecule has 9 heteroatoms. The van der Waals surface area contributed by atoms with Gasteiger partial charge in [0.25, 0.3) is 0 Å². The molecule has 110 valence electrons. The molecule has 0 unspecified atom stereocenters. The van der Waals surface area contributed by atoms with Crippen molar-refractivity contribution in [3.63, 3.8) is 0 Å². The molecular weight excluding hydrogens is 345 g/mol. The molecule has 0 radical (unpaired) electrons. The lowest BCUT2D eigenvalue weighted by molar-refractivity contribution is -0.119. The third-order valence-corrected chi connectivity index (χ3v) is 2.98. The van der Waals surface area contributed by atoms with Gasteiger partial charge in [-0.15, -0.1) is 0 Å². The van der Waals surface area contributed by atoms with Gasteiger partial charge in [0.05, 0.1) is 5.69 Å². The number of para-hydroxylation sites is 2. The lowest BCUT2D eigenvalue weighted by Crippen LogP contribution is -2.55. The molecule has 1 rings (SSSR count). The number of benzene rings is 1. The molecule has 0 spiro atoms. The van der Waals surface area contributed by atoms with Gasteiger partial charge < -0.3 is 21.1 Å². The Hall–Kier alpha value is -0.950. The van der Waals surface area contributed by atoms with E-state index in [2.05, 4.69) is 16.0 Å².